The highest BCUT2D eigenvalue weighted by atomic mass is 127. The Balaban J connectivity index is 1.99. The van der Waals surface area contributed by atoms with Gasteiger partial charge in [-0.3, -0.25) is 4.79 Å². The molecule has 0 aromatic carbocycles. The fraction of sp³-hybridized carbons (Fsp3) is 0.600. The number of hydrogen-bond acceptors (Lipinski definition) is 2. The molecule has 0 saturated heterocycles. The maximum atomic E-state index is 11.8. The molecule has 6 nitrogen and oxygen atoms in total. The van der Waals surface area contributed by atoms with Gasteiger partial charge in [-0.05, 0) is 62.3 Å². The van der Waals surface area contributed by atoms with Crippen LogP contribution < -0.4 is 5.32 Å². The van der Waals surface area contributed by atoms with E-state index in [2.05, 4.69) is 27.9 Å². The molecule has 0 unspecified atom stereocenters. The first-order valence-electron chi connectivity index (χ1n) is 7.36. The first-order valence-corrected chi connectivity index (χ1v) is 8.44. The quantitative estimate of drug-likeness (QED) is 0.738. The van der Waals surface area contributed by atoms with Gasteiger partial charge in [-0.15, -0.1) is 0 Å². The normalized spacial score (nSPS) is 17.8. The zero-order valence-electron chi connectivity index (χ0n) is 13.1. The van der Waals surface area contributed by atoms with E-state index in [1.807, 2.05) is 37.6 Å². The molecule has 1 aromatic rings. The van der Waals surface area contributed by atoms with Crippen molar-refractivity contribution >= 4 is 34.6 Å². The lowest BCUT2D eigenvalue weighted by Crippen LogP contribution is -2.45. The van der Waals surface area contributed by atoms with Crippen molar-refractivity contribution in [1.82, 2.24) is 14.8 Å². The van der Waals surface area contributed by atoms with Crippen molar-refractivity contribution in [3.05, 3.63) is 21.5 Å². The Morgan fingerprint density at radius 1 is 1.55 bits per heavy atom. The van der Waals surface area contributed by atoms with Crippen molar-refractivity contribution < 1.29 is 14.7 Å². The molecule has 1 aromatic heterocycles. The zero-order chi connectivity index (χ0) is 16.5. The third-order valence-corrected chi connectivity index (χ3v) is 4.49. The second-order valence-corrected chi connectivity index (χ2v) is 7.81. The highest BCUT2D eigenvalue weighted by Crippen LogP contribution is 2.24. The predicted octanol–water partition coefficient (Wildman–Crippen LogP) is 2.94. The monoisotopic (exact) mass is 419 g/mol. The van der Waals surface area contributed by atoms with Crippen LogP contribution in [0.1, 0.15) is 50.1 Å². The molecule has 2 amide bonds. The standard InChI is InChI=1S/C15H22IN3O3/c1-15(2,3)19(14(21)22)6-4-5-11-8-17-13(20)12-7-10(16)9-18(11)12/h7,9,11H,4-6,8H2,1-3H3,(H,17,20)(H,21,22)/t11-/m0/s1. The lowest BCUT2D eigenvalue weighted by Gasteiger charge is -2.34. The first kappa shape index (κ1) is 17.1. The second-order valence-electron chi connectivity index (χ2n) is 6.56. The van der Waals surface area contributed by atoms with Gasteiger partial charge in [0.25, 0.3) is 5.91 Å². The van der Waals surface area contributed by atoms with E-state index < -0.39 is 11.6 Å². The van der Waals surface area contributed by atoms with Gasteiger partial charge in [0.15, 0.2) is 0 Å². The molecule has 0 spiro atoms. The minimum atomic E-state index is -0.888. The molecular formula is C15H22IN3O3. The van der Waals surface area contributed by atoms with Crippen LogP contribution in [0, 0.1) is 3.57 Å². The van der Waals surface area contributed by atoms with E-state index in [0.717, 1.165) is 16.4 Å². The van der Waals surface area contributed by atoms with Gasteiger partial charge in [-0.1, -0.05) is 0 Å². The van der Waals surface area contributed by atoms with Gasteiger partial charge >= 0.3 is 6.09 Å². The van der Waals surface area contributed by atoms with Crippen LogP contribution in [0.15, 0.2) is 12.3 Å². The molecule has 0 bridgehead atoms. The van der Waals surface area contributed by atoms with Crippen LogP contribution in [0.25, 0.3) is 0 Å². The van der Waals surface area contributed by atoms with Crippen molar-refractivity contribution in [3.63, 3.8) is 0 Å². The highest BCUT2D eigenvalue weighted by molar-refractivity contribution is 14.1. The fourth-order valence-electron chi connectivity index (χ4n) is 2.77. The number of carbonyl (C=O) groups excluding carboxylic acids is 1. The Kier molecular flexibility index (Phi) is 5.03. The van der Waals surface area contributed by atoms with Gasteiger partial charge in [0.05, 0.1) is 6.04 Å². The smallest absolute Gasteiger partial charge is 0.407 e. The van der Waals surface area contributed by atoms with Crippen LogP contribution in [0.4, 0.5) is 4.79 Å². The number of fused-ring (bicyclic) bond motifs is 1. The maximum absolute atomic E-state index is 11.8. The molecule has 2 heterocycles. The number of carbonyl (C=O) groups is 2. The molecule has 1 aliphatic heterocycles. The molecule has 0 fully saturated rings. The summed E-state index contributed by atoms with van der Waals surface area (Å²) in [7, 11) is 0. The first-order chi connectivity index (χ1) is 10.2. The summed E-state index contributed by atoms with van der Waals surface area (Å²) in [6.45, 7) is 6.78. The lowest BCUT2D eigenvalue weighted by molar-refractivity contribution is 0.0906. The molecule has 1 aliphatic rings. The molecule has 1 atom stereocenters. The van der Waals surface area contributed by atoms with E-state index in [9.17, 15) is 14.7 Å². The lowest BCUT2D eigenvalue weighted by atomic mass is 10.0. The van der Waals surface area contributed by atoms with Gasteiger partial charge in [-0.25, -0.2) is 4.79 Å². The Labute approximate surface area is 144 Å². The van der Waals surface area contributed by atoms with Crippen LogP contribution in [-0.2, 0) is 0 Å². The van der Waals surface area contributed by atoms with Gasteiger partial charge in [0.2, 0.25) is 0 Å². The summed E-state index contributed by atoms with van der Waals surface area (Å²) in [6.07, 6.45) is 2.69. The van der Waals surface area contributed by atoms with E-state index >= 15 is 0 Å². The minimum Gasteiger partial charge on any atom is -0.465 e. The van der Waals surface area contributed by atoms with Gasteiger partial charge < -0.3 is 19.9 Å². The Morgan fingerprint density at radius 3 is 2.82 bits per heavy atom. The second kappa shape index (κ2) is 6.47. The Morgan fingerprint density at radius 2 is 2.23 bits per heavy atom. The summed E-state index contributed by atoms with van der Waals surface area (Å²) in [5, 5.41) is 12.2. The third-order valence-electron chi connectivity index (χ3n) is 3.90. The fourth-order valence-corrected chi connectivity index (χ4v) is 3.37. The van der Waals surface area contributed by atoms with E-state index in [1.165, 1.54) is 4.90 Å². The van der Waals surface area contributed by atoms with Crippen LogP contribution in [0.5, 0.6) is 0 Å². The molecule has 0 aliphatic carbocycles. The van der Waals surface area contributed by atoms with Crippen molar-refractivity contribution in [2.45, 2.75) is 45.2 Å². The molecule has 122 valence electrons. The predicted molar refractivity (Wildman–Crippen MR) is 92.2 cm³/mol. The highest BCUT2D eigenvalue weighted by Gasteiger charge is 2.28. The van der Waals surface area contributed by atoms with Crippen molar-refractivity contribution in [1.29, 1.82) is 0 Å². The van der Waals surface area contributed by atoms with Gasteiger partial charge in [0.1, 0.15) is 5.69 Å². The number of halogens is 1. The van der Waals surface area contributed by atoms with Crippen molar-refractivity contribution in [3.8, 4) is 0 Å². The molecule has 2 rings (SSSR count). The summed E-state index contributed by atoms with van der Waals surface area (Å²) in [5.41, 5.74) is 0.284. The molecule has 7 heteroatoms. The third kappa shape index (κ3) is 3.74. The average molecular weight is 419 g/mol. The van der Waals surface area contributed by atoms with Crippen molar-refractivity contribution in [2.75, 3.05) is 13.1 Å². The Hall–Kier alpha value is -1.25. The number of aromatic nitrogens is 1. The van der Waals surface area contributed by atoms with Crippen molar-refractivity contribution in [2.24, 2.45) is 0 Å². The summed E-state index contributed by atoms with van der Waals surface area (Å²) in [5.74, 6) is -0.0407. The van der Waals surface area contributed by atoms with Crippen LogP contribution >= 0.6 is 22.6 Å². The largest absolute Gasteiger partial charge is 0.465 e. The summed E-state index contributed by atoms with van der Waals surface area (Å²) in [4.78, 5) is 24.6. The van der Waals surface area contributed by atoms with E-state index in [4.69, 9.17) is 0 Å². The SMILES string of the molecule is CC(C)(C)N(CCC[C@H]1CNC(=O)c2cc(I)cn21)C(=O)O. The number of hydrogen-bond donors (Lipinski definition) is 2. The summed E-state index contributed by atoms with van der Waals surface area (Å²) >= 11 is 2.20. The van der Waals surface area contributed by atoms with E-state index in [-0.39, 0.29) is 11.9 Å². The minimum absolute atomic E-state index is 0.0407. The molecule has 0 radical (unpaired) electrons. The molecular weight excluding hydrogens is 397 g/mol. The van der Waals surface area contributed by atoms with E-state index in [1.54, 1.807) is 0 Å². The van der Waals surface area contributed by atoms with Crippen LogP contribution in [0.2, 0.25) is 0 Å². The van der Waals surface area contributed by atoms with Crippen LogP contribution in [0.3, 0.4) is 0 Å². The van der Waals surface area contributed by atoms with Gasteiger partial charge in [-0.2, -0.15) is 0 Å². The number of amides is 2. The molecule has 0 saturated carbocycles. The maximum Gasteiger partial charge on any atom is 0.407 e. The molecule has 2 N–H and O–H groups in total. The average Bonchev–Trinajstić information content (AvgIpc) is 2.77. The van der Waals surface area contributed by atoms with Gasteiger partial charge in [0, 0.05) is 28.4 Å². The number of nitrogens with one attached hydrogen (secondary N) is 1. The van der Waals surface area contributed by atoms with Crippen LogP contribution in [-0.4, -0.2) is 45.2 Å². The Bertz CT molecular complexity index is 577. The number of nitrogens with zero attached hydrogens (tertiary/aromatic N) is 2. The topological polar surface area (TPSA) is 74.6 Å². The summed E-state index contributed by atoms with van der Waals surface area (Å²) in [6, 6.07) is 2.06. The molecule has 22 heavy (non-hydrogen) atoms. The summed E-state index contributed by atoms with van der Waals surface area (Å²) < 4.78 is 3.06. The van der Waals surface area contributed by atoms with E-state index in [0.29, 0.717) is 18.8 Å². The number of carboxylic acid groups (broad SMARTS) is 1. The zero-order valence-corrected chi connectivity index (χ0v) is 15.3. The number of rotatable bonds is 4.